The molecule has 1 aliphatic rings. The first-order valence-corrected chi connectivity index (χ1v) is 9.00. The summed E-state index contributed by atoms with van der Waals surface area (Å²) < 4.78 is 13.3. The van der Waals surface area contributed by atoms with Gasteiger partial charge in [0.25, 0.3) is 0 Å². The lowest BCUT2D eigenvalue weighted by Crippen LogP contribution is -2.18. The maximum Gasteiger partial charge on any atom is 0.123 e. The van der Waals surface area contributed by atoms with Crippen LogP contribution in [0.4, 0.5) is 10.1 Å². The van der Waals surface area contributed by atoms with Crippen LogP contribution in [-0.2, 0) is 0 Å². The van der Waals surface area contributed by atoms with Crippen LogP contribution in [0.25, 0.3) is 0 Å². The second kappa shape index (κ2) is 7.10. The minimum Gasteiger partial charge on any atom is -0.257 e. The Kier molecular flexibility index (Phi) is 4.66. The standard InChI is InChI=1S/C21H15Cl2FN2/c22-15-8-11-18(19(23)12-15)21-13-20(14-6-9-16(24)10-7-14)25-26(21)17-4-2-1-3-5-17/h1-12,21H,13H2/t21-/m0/s1. The Morgan fingerprint density at radius 2 is 1.65 bits per heavy atom. The summed E-state index contributed by atoms with van der Waals surface area (Å²) in [5.41, 5.74) is 3.73. The van der Waals surface area contributed by atoms with Crippen LogP contribution in [-0.4, -0.2) is 5.71 Å². The smallest absolute Gasteiger partial charge is 0.123 e. The SMILES string of the molecule is Fc1ccc(C2=NN(c3ccccc3)[C@H](c3ccc(Cl)cc3Cl)C2)cc1. The van der Waals surface area contributed by atoms with E-state index >= 15 is 0 Å². The van der Waals surface area contributed by atoms with Crippen molar-refractivity contribution in [3.05, 3.63) is 99.8 Å². The van der Waals surface area contributed by atoms with E-state index in [9.17, 15) is 4.39 Å². The maximum absolute atomic E-state index is 13.3. The molecular weight excluding hydrogens is 370 g/mol. The van der Waals surface area contributed by atoms with E-state index in [1.165, 1.54) is 12.1 Å². The van der Waals surface area contributed by atoms with Gasteiger partial charge in [-0.2, -0.15) is 5.10 Å². The normalized spacial score (nSPS) is 16.7. The first-order valence-electron chi connectivity index (χ1n) is 8.24. The minimum atomic E-state index is -0.260. The Balaban J connectivity index is 1.77. The molecule has 0 N–H and O–H groups in total. The number of hydrogen-bond donors (Lipinski definition) is 0. The third kappa shape index (κ3) is 3.33. The van der Waals surface area contributed by atoms with E-state index in [1.54, 1.807) is 18.2 Å². The minimum absolute atomic E-state index is 0.0535. The summed E-state index contributed by atoms with van der Waals surface area (Å²) in [7, 11) is 0. The molecule has 0 aromatic heterocycles. The van der Waals surface area contributed by atoms with Crippen LogP contribution in [0.1, 0.15) is 23.6 Å². The van der Waals surface area contributed by atoms with Gasteiger partial charge in [-0.05, 0) is 47.5 Å². The third-order valence-corrected chi connectivity index (χ3v) is 4.99. The number of halogens is 3. The Morgan fingerprint density at radius 3 is 2.35 bits per heavy atom. The van der Waals surface area contributed by atoms with Crippen molar-refractivity contribution in [2.45, 2.75) is 12.5 Å². The van der Waals surface area contributed by atoms with E-state index in [2.05, 4.69) is 0 Å². The maximum atomic E-state index is 13.3. The van der Waals surface area contributed by atoms with Crippen molar-refractivity contribution >= 4 is 34.6 Å². The summed E-state index contributed by atoms with van der Waals surface area (Å²) in [4.78, 5) is 0. The number of anilines is 1. The van der Waals surface area contributed by atoms with Crippen molar-refractivity contribution in [1.82, 2.24) is 0 Å². The molecule has 26 heavy (non-hydrogen) atoms. The van der Waals surface area contributed by atoms with E-state index in [0.29, 0.717) is 16.5 Å². The fraction of sp³-hybridized carbons (Fsp3) is 0.0952. The number of hydrogen-bond acceptors (Lipinski definition) is 2. The van der Waals surface area contributed by atoms with Crippen LogP contribution in [0.5, 0.6) is 0 Å². The van der Waals surface area contributed by atoms with Gasteiger partial charge in [-0.3, -0.25) is 5.01 Å². The highest BCUT2D eigenvalue weighted by Gasteiger charge is 2.31. The van der Waals surface area contributed by atoms with Crippen molar-refractivity contribution < 1.29 is 4.39 Å². The third-order valence-electron chi connectivity index (χ3n) is 4.43. The van der Waals surface area contributed by atoms with Crippen LogP contribution < -0.4 is 5.01 Å². The lowest BCUT2D eigenvalue weighted by atomic mass is 9.98. The second-order valence-corrected chi connectivity index (χ2v) is 6.96. The molecule has 1 aliphatic heterocycles. The van der Waals surface area contributed by atoms with Crippen LogP contribution in [0.3, 0.4) is 0 Å². The molecule has 0 saturated heterocycles. The van der Waals surface area contributed by atoms with Crippen molar-refractivity contribution in [1.29, 1.82) is 0 Å². The number of nitrogens with zero attached hydrogens (tertiary/aromatic N) is 2. The van der Waals surface area contributed by atoms with E-state index in [1.807, 2.05) is 47.5 Å². The van der Waals surface area contributed by atoms with Gasteiger partial charge in [0.05, 0.1) is 17.4 Å². The lowest BCUT2D eigenvalue weighted by molar-refractivity contribution is 0.627. The molecule has 0 spiro atoms. The highest BCUT2D eigenvalue weighted by Crippen LogP contribution is 2.39. The van der Waals surface area contributed by atoms with E-state index in [4.69, 9.17) is 28.3 Å². The van der Waals surface area contributed by atoms with Crippen LogP contribution in [0, 0.1) is 5.82 Å². The predicted octanol–water partition coefficient (Wildman–Crippen LogP) is 6.49. The van der Waals surface area contributed by atoms with Gasteiger partial charge < -0.3 is 0 Å². The molecule has 0 radical (unpaired) electrons. The summed E-state index contributed by atoms with van der Waals surface area (Å²) in [6, 6.07) is 21.8. The molecule has 0 aliphatic carbocycles. The molecule has 4 rings (SSSR count). The molecule has 1 atom stereocenters. The highest BCUT2D eigenvalue weighted by molar-refractivity contribution is 6.35. The van der Waals surface area contributed by atoms with Crippen LogP contribution in [0.2, 0.25) is 10.0 Å². The topological polar surface area (TPSA) is 15.6 Å². The van der Waals surface area contributed by atoms with Crippen LogP contribution in [0.15, 0.2) is 77.9 Å². The van der Waals surface area contributed by atoms with E-state index in [0.717, 1.165) is 22.5 Å². The zero-order chi connectivity index (χ0) is 18.1. The number of rotatable bonds is 3. The van der Waals surface area contributed by atoms with E-state index < -0.39 is 0 Å². The second-order valence-electron chi connectivity index (χ2n) is 6.12. The Bertz CT molecular complexity index is 956. The monoisotopic (exact) mass is 384 g/mol. The number of hydrazone groups is 1. The largest absolute Gasteiger partial charge is 0.257 e. The molecule has 5 heteroatoms. The Hall–Kier alpha value is -2.36. The zero-order valence-corrected chi connectivity index (χ0v) is 15.3. The first-order chi connectivity index (χ1) is 12.6. The average molecular weight is 385 g/mol. The summed E-state index contributed by atoms with van der Waals surface area (Å²) in [6.07, 6.45) is 0.669. The van der Waals surface area contributed by atoms with Gasteiger partial charge in [0, 0.05) is 16.5 Å². The highest BCUT2D eigenvalue weighted by atomic mass is 35.5. The van der Waals surface area contributed by atoms with Crippen LogP contribution >= 0.6 is 23.2 Å². The fourth-order valence-electron chi connectivity index (χ4n) is 3.16. The summed E-state index contributed by atoms with van der Waals surface area (Å²) in [5, 5.41) is 7.99. The summed E-state index contributed by atoms with van der Waals surface area (Å²) >= 11 is 12.5. The van der Waals surface area contributed by atoms with Crippen molar-refractivity contribution in [3.8, 4) is 0 Å². The van der Waals surface area contributed by atoms with Crippen molar-refractivity contribution in [2.24, 2.45) is 5.10 Å². The van der Waals surface area contributed by atoms with Gasteiger partial charge in [0.1, 0.15) is 5.82 Å². The molecule has 2 nitrogen and oxygen atoms in total. The van der Waals surface area contributed by atoms with Gasteiger partial charge in [0.15, 0.2) is 0 Å². The molecular formula is C21H15Cl2FN2. The zero-order valence-electron chi connectivity index (χ0n) is 13.7. The number of benzene rings is 3. The quantitative estimate of drug-likeness (QED) is 0.503. The molecule has 1 heterocycles. The summed E-state index contributed by atoms with van der Waals surface area (Å²) in [6.45, 7) is 0. The van der Waals surface area contributed by atoms with Gasteiger partial charge in [0.2, 0.25) is 0 Å². The predicted molar refractivity (Wildman–Crippen MR) is 106 cm³/mol. The average Bonchev–Trinajstić information content (AvgIpc) is 3.08. The first kappa shape index (κ1) is 17.1. The molecule has 0 saturated carbocycles. The molecule has 0 fully saturated rings. The number of para-hydroxylation sites is 1. The van der Waals surface area contributed by atoms with Gasteiger partial charge in [-0.25, -0.2) is 4.39 Å². The summed E-state index contributed by atoms with van der Waals surface area (Å²) in [5.74, 6) is -0.260. The molecule has 130 valence electrons. The Labute approximate surface area is 161 Å². The fourth-order valence-corrected chi connectivity index (χ4v) is 3.69. The van der Waals surface area contributed by atoms with Crippen molar-refractivity contribution in [2.75, 3.05) is 5.01 Å². The molecule has 0 unspecified atom stereocenters. The Morgan fingerprint density at radius 1 is 0.923 bits per heavy atom. The van der Waals surface area contributed by atoms with Gasteiger partial charge >= 0.3 is 0 Å². The lowest BCUT2D eigenvalue weighted by Gasteiger charge is -2.24. The molecule has 3 aromatic carbocycles. The van der Waals surface area contributed by atoms with Gasteiger partial charge in [-0.15, -0.1) is 0 Å². The van der Waals surface area contributed by atoms with E-state index in [-0.39, 0.29) is 11.9 Å². The van der Waals surface area contributed by atoms with Gasteiger partial charge in [-0.1, -0.05) is 59.6 Å². The van der Waals surface area contributed by atoms with Crippen molar-refractivity contribution in [3.63, 3.8) is 0 Å². The molecule has 0 bridgehead atoms. The molecule has 0 amide bonds. The molecule has 3 aromatic rings.